The standard InChI is InChI=1S/C18H20ClN3O/c19-14-3-1-2-13(10-14)15-4-5-16(20-15)18(23)21-17-11-22-8-6-12(17)7-9-22/h1-5,10,12,17,20H,6-9,11H2,(H,21,23)/t17-/m0/s1. The Bertz CT molecular complexity index is 719. The number of halogens is 1. The number of hydrogen-bond donors (Lipinski definition) is 2. The van der Waals surface area contributed by atoms with Crippen molar-refractivity contribution in [2.75, 3.05) is 19.6 Å². The summed E-state index contributed by atoms with van der Waals surface area (Å²) in [4.78, 5) is 18.2. The summed E-state index contributed by atoms with van der Waals surface area (Å²) < 4.78 is 0. The van der Waals surface area contributed by atoms with Gasteiger partial charge in [-0.15, -0.1) is 0 Å². The predicted molar refractivity (Wildman–Crippen MR) is 91.7 cm³/mol. The molecule has 3 aliphatic rings. The number of nitrogens with zero attached hydrogens (tertiary/aromatic N) is 1. The van der Waals surface area contributed by atoms with Crippen LogP contribution >= 0.6 is 11.6 Å². The van der Waals surface area contributed by atoms with E-state index in [-0.39, 0.29) is 11.9 Å². The number of H-pyrrole nitrogens is 1. The minimum absolute atomic E-state index is 0.0166. The predicted octanol–water partition coefficient (Wildman–Crippen LogP) is 3.16. The summed E-state index contributed by atoms with van der Waals surface area (Å²) >= 11 is 6.03. The fraction of sp³-hybridized carbons (Fsp3) is 0.389. The third kappa shape index (κ3) is 3.01. The molecular formula is C18H20ClN3O. The number of aromatic amines is 1. The number of amides is 1. The Morgan fingerprint density at radius 1 is 1.22 bits per heavy atom. The van der Waals surface area contributed by atoms with Gasteiger partial charge in [0.2, 0.25) is 0 Å². The summed E-state index contributed by atoms with van der Waals surface area (Å²) in [6, 6.07) is 11.7. The van der Waals surface area contributed by atoms with E-state index in [1.54, 1.807) is 0 Å². The van der Waals surface area contributed by atoms with Crippen LogP contribution in [0.3, 0.4) is 0 Å². The van der Waals surface area contributed by atoms with Crippen LogP contribution in [0.15, 0.2) is 36.4 Å². The highest BCUT2D eigenvalue weighted by Crippen LogP contribution is 2.28. The lowest BCUT2D eigenvalue weighted by molar-refractivity contribution is 0.0618. The van der Waals surface area contributed by atoms with E-state index in [4.69, 9.17) is 11.6 Å². The summed E-state index contributed by atoms with van der Waals surface area (Å²) in [5, 5.41) is 3.90. The quantitative estimate of drug-likeness (QED) is 0.908. The molecule has 3 fully saturated rings. The van der Waals surface area contributed by atoms with Crippen molar-refractivity contribution < 1.29 is 4.79 Å². The van der Waals surface area contributed by atoms with Crippen LogP contribution in [0, 0.1) is 5.92 Å². The van der Waals surface area contributed by atoms with E-state index in [0.29, 0.717) is 16.6 Å². The van der Waals surface area contributed by atoms with E-state index in [0.717, 1.165) is 17.8 Å². The molecule has 23 heavy (non-hydrogen) atoms. The summed E-state index contributed by atoms with van der Waals surface area (Å²) in [6.07, 6.45) is 2.40. The van der Waals surface area contributed by atoms with Gasteiger partial charge in [0.05, 0.1) is 0 Å². The van der Waals surface area contributed by atoms with E-state index in [9.17, 15) is 4.79 Å². The Kier molecular flexibility index (Phi) is 3.87. The molecule has 5 heteroatoms. The average Bonchev–Trinajstić information content (AvgIpc) is 3.06. The van der Waals surface area contributed by atoms with Crippen LogP contribution in [0.4, 0.5) is 0 Å². The van der Waals surface area contributed by atoms with Crippen LogP contribution < -0.4 is 5.32 Å². The molecule has 1 aromatic carbocycles. The van der Waals surface area contributed by atoms with Gasteiger partial charge in [0, 0.05) is 23.3 Å². The van der Waals surface area contributed by atoms with Gasteiger partial charge in [-0.1, -0.05) is 23.7 Å². The first kappa shape index (κ1) is 14.8. The number of fused-ring (bicyclic) bond motifs is 3. The van der Waals surface area contributed by atoms with Gasteiger partial charge >= 0.3 is 0 Å². The zero-order valence-electron chi connectivity index (χ0n) is 12.9. The van der Waals surface area contributed by atoms with Gasteiger partial charge in [-0.05, 0) is 61.7 Å². The van der Waals surface area contributed by atoms with Gasteiger partial charge in [-0.3, -0.25) is 4.79 Å². The van der Waals surface area contributed by atoms with Gasteiger partial charge in [-0.2, -0.15) is 0 Å². The molecule has 2 bridgehead atoms. The highest BCUT2D eigenvalue weighted by molar-refractivity contribution is 6.30. The zero-order valence-corrected chi connectivity index (χ0v) is 13.6. The number of carbonyl (C=O) groups excluding carboxylic acids is 1. The van der Waals surface area contributed by atoms with E-state index in [1.807, 2.05) is 36.4 Å². The molecule has 0 saturated carbocycles. The molecule has 1 amide bonds. The molecule has 3 saturated heterocycles. The van der Waals surface area contributed by atoms with Crippen molar-refractivity contribution in [1.29, 1.82) is 0 Å². The molecular weight excluding hydrogens is 310 g/mol. The van der Waals surface area contributed by atoms with Crippen molar-refractivity contribution >= 4 is 17.5 Å². The smallest absolute Gasteiger partial charge is 0.267 e. The second kappa shape index (κ2) is 6.02. The average molecular weight is 330 g/mol. The molecule has 2 aromatic rings. The van der Waals surface area contributed by atoms with Crippen molar-refractivity contribution in [2.24, 2.45) is 5.92 Å². The second-order valence-electron chi connectivity index (χ2n) is 6.51. The lowest BCUT2D eigenvalue weighted by atomic mass is 9.84. The van der Waals surface area contributed by atoms with E-state index >= 15 is 0 Å². The lowest BCUT2D eigenvalue weighted by Gasteiger charge is -2.44. The Morgan fingerprint density at radius 3 is 2.74 bits per heavy atom. The fourth-order valence-electron chi connectivity index (χ4n) is 3.73. The van der Waals surface area contributed by atoms with Crippen LogP contribution in [-0.2, 0) is 0 Å². The molecule has 0 spiro atoms. The summed E-state index contributed by atoms with van der Waals surface area (Å²) in [5.74, 6) is 0.614. The zero-order chi connectivity index (χ0) is 15.8. The van der Waals surface area contributed by atoms with E-state index in [1.165, 1.54) is 25.9 Å². The lowest BCUT2D eigenvalue weighted by Crippen LogP contribution is -2.57. The number of carbonyl (C=O) groups is 1. The molecule has 1 atom stereocenters. The van der Waals surface area contributed by atoms with Crippen LogP contribution in [0.25, 0.3) is 11.3 Å². The van der Waals surface area contributed by atoms with Gasteiger partial charge in [0.1, 0.15) is 5.69 Å². The third-order valence-corrected chi connectivity index (χ3v) is 5.27. The summed E-state index contributed by atoms with van der Waals surface area (Å²) in [5.41, 5.74) is 2.50. The molecule has 4 nitrogen and oxygen atoms in total. The van der Waals surface area contributed by atoms with Gasteiger partial charge in [0.15, 0.2) is 0 Å². The van der Waals surface area contributed by atoms with Crippen molar-refractivity contribution in [3.05, 3.63) is 47.1 Å². The number of piperidine rings is 3. The molecule has 3 aliphatic heterocycles. The number of aromatic nitrogens is 1. The van der Waals surface area contributed by atoms with E-state index < -0.39 is 0 Å². The maximum Gasteiger partial charge on any atom is 0.267 e. The highest BCUT2D eigenvalue weighted by atomic mass is 35.5. The normalized spacial score (nSPS) is 26.2. The maximum atomic E-state index is 12.5. The first-order valence-corrected chi connectivity index (χ1v) is 8.55. The molecule has 4 heterocycles. The molecule has 120 valence electrons. The van der Waals surface area contributed by atoms with Crippen molar-refractivity contribution in [2.45, 2.75) is 18.9 Å². The number of benzene rings is 1. The number of rotatable bonds is 3. The highest BCUT2D eigenvalue weighted by Gasteiger charge is 2.35. The number of hydrogen-bond acceptors (Lipinski definition) is 2. The Morgan fingerprint density at radius 2 is 2.04 bits per heavy atom. The van der Waals surface area contributed by atoms with Crippen LogP contribution in [0.1, 0.15) is 23.3 Å². The largest absolute Gasteiger partial charge is 0.351 e. The minimum atomic E-state index is -0.0166. The molecule has 5 rings (SSSR count). The van der Waals surface area contributed by atoms with Gasteiger partial charge < -0.3 is 15.2 Å². The summed E-state index contributed by atoms with van der Waals surface area (Å²) in [6.45, 7) is 3.34. The first-order chi connectivity index (χ1) is 11.2. The first-order valence-electron chi connectivity index (χ1n) is 8.17. The van der Waals surface area contributed by atoms with Crippen molar-refractivity contribution in [1.82, 2.24) is 15.2 Å². The Hall–Kier alpha value is -1.78. The SMILES string of the molecule is O=C(N[C@H]1CN2CCC1CC2)c1ccc(-c2cccc(Cl)c2)[nH]1. The Balaban J connectivity index is 1.47. The Labute approximate surface area is 140 Å². The van der Waals surface area contributed by atoms with Crippen molar-refractivity contribution in [3.63, 3.8) is 0 Å². The van der Waals surface area contributed by atoms with Crippen LogP contribution in [0.5, 0.6) is 0 Å². The van der Waals surface area contributed by atoms with Gasteiger partial charge in [-0.25, -0.2) is 0 Å². The minimum Gasteiger partial charge on any atom is -0.351 e. The molecule has 0 unspecified atom stereocenters. The van der Waals surface area contributed by atoms with Gasteiger partial charge in [0.25, 0.3) is 5.91 Å². The van der Waals surface area contributed by atoms with E-state index in [2.05, 4.69) is 15.2 Å². The maximum absolute atomic E-state index is 12.5. The summed E-state index contributed by atoms with van der Waals surface area (Å²) in [7, 11) is 0. The monoisotopic (exact) mass is 329 g/mol. The topological polar surface area (TPSA) is 48.1 Å². The second-order valence-corrected chi connectivity index (χ2v) is 6.95. The number of nitrogens with one attached hydrogen (secondary N) is 2. The fourth-order valence-corrected chi connectivity index (χ4v) is 3.92. The molecule has 0 aliphatic carbocycles. The molecule has 0 radical (unpaired) electrons. The van der Waals surface area contributed by atoms with Crippen LogP contribution in [-0.4, -0.2) is 41.5 Å². The third-order valence-electron chi connectivity index (χ3n) is 5.04. The van der Waals surface area contributed by atoms with Crippen molar-refractivity contribution in [3.8, 4) is 11.3 Å². The molecule has 1 aromatic heterocycles. The van der Waals surface area contributed by atoms with Crippen LogP contribution in [0.2, 0.25) is 5.02 Å². The molecule has 2 N–H and O–H groups in total.